The highest BCUT2D eigenvalue weighted by Gasteiger charge is 2.42. The molecule has 2 aliphatic rings. The molecule has 148 valence electrons. The minimum atomic E-state index is 0.155. The highest BCUT2D eigenvalue weighted by atomic mass is 15.1. The molecule has 0 radical (unpaired) electrons. The molecule has 4 heterocycles. The van der Waals surface area contributed by atoms with Gasteiger partial charge in [-0.05, 0) is 56.9 Å². The molecule has 1 atom stereocenters. The summed E-state index contributed by atoms with van der Waals surface area (Å²) in [4.78, 5) is 19.0. The smallest absolute Gasteiger partial charge is 0.116 e. The molecule has 30 heavy (non-hydrogen) atoms. The lowest BCUT2D eigenvalue weighted by molar-refractivity contribution is 0.377. The van der Waals surface area contributed by atoms with Gasteiger partial charge in [-0.25, -0.2) is 4.98 Å². The van der Waals surface area contributed by atoms with E-state index >= 15 is 0 Å². The molecule has 0 unspecified atom stereocenters. The summed E-state index contributed by atoms with van der Waals surface area (Å²) in [5, 5.41) is 0. The van der Waals surface area contributed by atoms with Crippen LogP contribution in [-0.4, -0.2) is 24.5 Å². The van der Waals surface area contributed by atoms with Crippen molar-refractivity contribution in [1.29, 1.82) is 0 Å². The first-order valence-corrected chi connectivity index (χ1v) is 10.6. The third-order valence-corrected chi connectivity index (χ3v) is 6.59. The van der Waals surface area contributed by atoms with Gasteiger partial charge in [-0.15, -0.1) is 0 Å². The number of allylic oxidation sites excluding steroid dienone is 2. The molecule has 5 nitrogen and oxygen atoms in total. The average Bonchev–Trinajstić information content (AvgIpc) is 3.33. The predicted molar refractivity (Wildman–Crippen MR) is 118 cm³/mol. The van der Waals surface area contributed by atoms with Gasteiger partial charge in [-0.2, -0.15) is 0 Å². The molecular formula is C25H23N5. The molecule has 0 saturated heterocycles. The number of nitrogens with zero attached hydrogens (tertiary/aromatic N) is 5. The highest BCUT2D eigenvalue weighted by Crippen LogP contribution is 2.48. The van der Waals surface area contributed by atoms with Crippen molar-refractivity contribution in [2.24, 2.45) is 0 Å². The first-order chi connectivity index (χ1) is 14.7. The van der Waals surface area contributed by atoms with Crippen molar-refractivity contribution in [1.82, 2.24) is 24.5 Å². The van der Waals surface area contributed by atoms with Gasteiger partial charge in [0.25, 0.3) is 0 Å². The zero-order valence-corrected chi connectivity index (χ0v) is 17.0. The predicted octanol–water partition coefficient (Wildman–Crippen LogP) is 5.25. The molecule has 1 aliphatic carbocycles. The Labute approximate surface area is 175 Å². The molecule has 1 spiro atoms. The maximum absolute atomic E-state index is 5.27. The molecule has 0 N–H and O–H groups in total. The monoisotopic (exact) mass is 393 g/mol. The molecule has 1 aliphatic heterocycles. The number of imidazole rings is 1. The van der Waals surface area contributed by atoms with Crippen LogP contribution in [-0.2, 0) is 12.0 Å². The molecule has 6 rings (SSSR count). The third kappa shape index (κ3) is 2.61. The summed E-state index contributed by atoms with van der Waals surface area (Å²) in [5.74, 6) is 1.22. The standard InChI is InChI=1S/C25H23N5/c1-17-6-5-7-20(28-17)22-23(18-8-9-19-21(16-18)27-14-13-26-19)30-15-12-25(24(30)29-22)10-3-2-4-11-25/h2-3,5-9,13-14,16H,4,10-12,15H2,1H3/t25-/m1/s1. The molecule has 5 heteroatoms. The minimum absolute atomic E-state index is 0.155. The Kier molecular flexibility index (Phi) is 3.85. The van der Waals surface area contributed by atoms with Crippen LogP contribution in [0.3, 0.4) is 0 Å². The summed E-state index contributed by atoms with van der Waals surface area (Å²) in [6, 6.07) is 12.5. The number of pyridine rings is 1. The van der Waals surface area contributed by atoms with Gasteiger partial charge in [0, 0.05) is 35.6 Å². The van der Waals surface area contributed by atoms with E-state index in [1.54, 1.807) is 12.4 Å². The summed E-state index contributed by atoms with van der Waals surface area (Å²) in [5.41, 5.74) is 7.17. The van der Waals surface area contributed by atoms with Gasteiger partial charge in [0.15, 0.2) is 0 Å². The molecule has 1 aromatic carbocycles. The number of hydrogen-bond donors (Lipinski definition) is 0. The lowest BCUT2D eigenvalue weighted by atomic mass is 9.75. The van der Waals surface area contributed by atoms with Gasteiger partial charge in [0.2, 0.25) is 0 Å². The number of rotatable bonds is 2. The second kappa shape index (κ2) is 6.59. The zero-order valence-electron chi connectivity index (χ0n) is 17.0. The van der Waals surface area contributed by atoms with Gasteiger partial charge in [-0.1, -0.05) is 24.3 Å². The molecule has 0 fully saturated rings. The Balaban J connectivity index is 1.61. The topological polar surface area (TPSA) is 56.5 Å². The Morgan fingerprint density at radius 1 is 0.933 bits per heavy atom. The van der Waals surface area contributed by atoms with E-state index in [9.17, 15) is 0 Å². The van der Waals surface area contributed by atoms with Crippen molar-refractivity contribution in [3.8, 4) is 22.6 Å². The van der Waals surface area contributed by atoms with Crippen LogP contribution < -0.4 is 0 Å². The molecule has 0 amide bonds. The van der Waals surface area contributed by atoms with Gasteiger partial charge in [0.05, 0.1) is 22.4 Å². The van der Waals surface area contributed by atoms with E-state index < -0.39 is 0 Å². The van der Waals surface area contributed by atoms with Crippen molar-refractivity contribution in [3.63, 3.8) is 0 Å². The minimum Gasteiger partial charge on any atom is -0.327 e. The average molecular weight is 393 g/mol. The maximum Gasteiger partial charge on any atom is 0.116 e. The number of hydrogen-bond acceptors (Lipinski definition) is 4. The summed E-state index contributed by atoms with van der Waals surface area (Å²) >= 11 is 0. The summed E-state index contributed by atoms with van der Waals surface area (Å²) in [7, 11) is 0. The van der Waals surface area contributed by atoms with Crippen LogP contribution in [0.1, 0.15) is 37.2 Å². The van der Waals surface area contributed by atoms with Gasteiger partial charge in [0.1, 0.15) is 11.5 Å². The van der Waals surface area contributed by atoms with Crippen LogP contribution in [0.15, 0.2) is 60.9 Å². The Morgan fingerprint density at radius 2 is 1.83 bits per heavy atom. The summed E-state index contributed by atoms with van der Waals surface area (Å²) < 4.78 is 2.44. The van der Waals surface area contributed by atoms with Crippen LogP contribution in [0.5, 0.6) is 0 Å². The van der Waals surface area contributed by atoms with Crippen LogP contribution in [0, 0.1) is 6.92 Å². The van der Waals surface area contributed by atoms with E-state index in [1.165, 1.54) is 12.2 Å². The van der Waals surface area contributed by atoms with Gasteiger partial charge < -0.3 is 4.57 Å². The van der Waals surface area contributed by atoms with Crippen molar-refractivity contribution in [2.75, 3.05) is 0 Å². The van der Waals surface area contributed by atoms with Crippen LogP contribution in [0.4, 0.5) is 0 Å². The van der Waals surface area contributed by atoms with E-state index in [1.807, 2.05) is 13.0 Å². The lowest BCUT2D eigenvalue weighted by Crippen LogP contribution is -2.25. The number of aryl methyl sites for hydroxylation is 1. The second-order valence-corrected chi connectivity index (χ2v) is 8.45. The molecule has 0 bridgehead atoms. The molecular weight excluding hydrogens is 370 g/mol. The maximum atomic E-state index is 5.27. The van der Waals surface area contributed by atoms with E-state index in [2.05, 4.69) is 57.0 Å². The normalized spacial score (nSPS) is 20.2. The van der Waals surface area contributed by atoms with Crippen molar-refractivity contribution in [3.05, 3.63) is 72.5 Å². The van der Waals surface area contributed by atoms with Crippen molar-refractivity contribution >= 4 is 11.0 Å². The Morgan fingerprint density at radius 3 is 2.67 bits per heavy atom. The van der Waals surface area contributed by atoms with Gasteiger partial charge in [-0.3, -0.25) is 15.0 Å². The number of aromatic nitrogens is 5. The molecule has 0 saturated carbocycles. The third-order valence-electron chi connectivity index (χ3n) is 6.59. The lowest BCUT2D eigenvalue weighted by Gasteiger charge is -2.28. The van der Waals surface area contributed by atoms with Crippen molar-refractivity contribution < 1.29 is 0 Å². The fourth-order valence-corrected chi connectivity index (χ4v) is 5.09. The summed E-state index contributed by atoms with van der Waals surface area (Å²) in [6.07, 6.45) is 12.7. The van der Waals surface area contributed by atoms with Crippen LogP contribution in [0.2, 0.25) is 0 Å². The fourth-order valence-electron chi connectivity index (χ4n) is 5.09. The first-order valence-electron chi connectivity index (χ1n) is 10.6. The zero-order chi connectivity index (χ0) is 20.1. The number of benzene rings is 1. The van der Waals surface area contributed by atoms with Gasteiger partial charge >= 0.3 is 0 Å². The summed E-state index contributed by atoms with van der Waals surface area (Å²) in [6.45, 7) is 3.03. The SMILES string of the molecule is Cc1cccc(-c2nc3n(c2-c2ccc4nccnc4c2)CC[C@]32CC=CCC2)n1. The quantitative estimate of drug-likeness (QED) is 0.437. The Bertz CT molecular complexity index is 1300. The fraction of sp³-hybridized carbons (Fsp3) is 0.280. The largest absolute Gasteiger partial charge is 0.327 e. The molecule has 4 aromatic rings. The first kappa shape index (κ1) is 17.5. The highest BCUT2D eigenvalue weighted by molar-refractivity contribution is 5.85. The van der Waals surface area contributed by atoms with E-state index in [4.69, 9.17) is 9.97 Å². The second-order valence-electron chi connectivity index (χ2n) is 8.45. The van der Waals surface area contributed by atoms with E-state index in [0.29, 0.717) is 0 Å². The van der Waals surface area contributed by atoms with Crippen LogP contribution >= 0.6 is 0 Å². The van der Waals surface area contributed by atoms with Crippen molar-refractivity contribution in [2.45, 2.75) is 44.6 Å². The molecule has 3 aromatic heterocycles. The van der Waals surface area contributed by atoms with E-state index in [-0.39, 0.29) is 5.41 Å². The Hall–Kier alpha value is -3.34. The van der Waals surface area contributed by atoms with Crippen LogP contribution in [0.25, 0.3) is 33.7 Å². The number of fused-ring (bicyclic) bond motifs is 3. The van der Waals surface area contributed by atoms with E-state index in [0.717, 1.165) is 65.2 Å².